The van der Waals surface area contributed by atoms with Gasteiger partial charge in [-0.3, -0.25) is 15.0 Å². The quantitative estimate of drug-likeness (QED) is 0.129. The van der Waals surface area contributed by atoms with Gasteiger partial charge in [0.05, 0.1) is 46.3 Å². The zero-order valence-electron chi connectivity index (χ0n) is 79.8. The van der Waals surface area contributed by atoms with Gasteiger partial charge in [0.2, 0.25) is 0 Å². The van der Waals surface area contributed by atoms with Crippen molar-refractivity contribution in [2.24, 2.45) is 0 Å². The Morgan fingerprint density at radius 2 is 0.430 bits per heavy atom. The number of hydrogen-bond donors (Lipinski definition) is 0. The van der Waals surface area contributed by atoms with E-state index in [1.54, 1.807) is 0 Å². The first-order valence-electron chi connectivity index (χ1n) is 50.1. The Bertz CT molecular complexity index is 10900. The maximum absolute atomic E-state index is 9.43. The highest BCUT2D eigenvalue weighted by Gasteiger charge is 2.29. The first kappa shape index (κ1) is 84.2. The molecule has 9 nitrogen and oxygen atoms in total. The monoisotopic (exact) mass is 1890 g/mol. The van der Waals surface area contributed by atoms with Crippen LogP contribution in [0.15, 0.2) is 462 Å². The molecule has 0 saturated carbocycles. The van der Waals surface area contributed by atoms with Crippen LogP contribution in [0.2, 0.25) is 0 Å². The van der Waals surface area contributed by atoms with Gasteiger partial charge >= 0.3 is 0 Å². The highest BCUT2D eigenvalue weighted by Crippen LogP contribution is 2.56. The maximum Gasteiger partial charge on any atom is 0.136 e. The molecule has 0 saturated heterocycles. The smallest absolute Gasteiger partial charge is 0.136 e. The summed E-state index contributed by atoms with van der Waals surface area (Å²) in [5.74, 6) is 4.57. The van der Waals surface area contributed by atoms with Crippen LogP contribution in [0.1, 0.15) is 16.7 Å². The molecule has 684 valence electrons. The van der Waals surface area contributed by atoms with E-state index in [-0.39, 0.29) is 0 Å². The third kappa shape index (κ3) is 13.4. The van der Waals surface area contributed by atoms with Gasteiger partial charge in [-0.25, -0.2) is 0 Å². The highest BCUT2D eigenvalue weighted by molar-refractivity contribution is 6.31. The van der Waals surface area contributed by atoms with Gasteiger partial charge in [0, 0.05) is 85.5 Å². The van der Waals surface area contributed by atoms with Crippen molar-refractivity contribution in [1.29, 1.82) is 15.8 Å². The molecule has 6 heterocycles. The molecule has 0 unspecified atom stereocenters. The van der Waals surface area contributed by atoms with E-state index in [1.807, 2.05) is 122 Å². The lowest BCUT2D eigenvalue weighted by molar-refractivity contribution is 0.486. The van der Waals surface area contributed by atoms with Crippen molar-refractivity contribution in [3.63, 3.8) is 0 Å². The number of benzene rings is 26. The van der Waals surface area contributed by atoms with Crippen molar-refractivity contribution in [2.75, 3.05) is 0 Å². The minimum absolute atomic E-state index is 0.586. The van der Waals surface area contributed by atoms with Gasteiger partial charge < -0.3 is 14.2 Å². The average molecular weight is 1890 g/mol. The van der Waals surface area contributed by atoms with E-state index in [1.165, 1.54) is 163 Å². The van der Waals surface area contributed by atoms with E-state index in [0.717, 1.165) is 145 Å². The predicted octanol–water partition coefficient (Wildman–Crippen LogP) is 37.6. The Morgan fingerprint density at radius 1 is 0.161 bits per heavy atom. The summed E-state index contributed by atoms with van der Waals surface area (Å²) < 4.78 is 19.0. The normalized spacial score (nSPS) is 12.0. The highest BCUT2D eigenvalue weighted by atomic mass is 16.5. The number of ether oxygens (including phenoxy) is 3. The van der Waals surface area contributed by atoms with Crippen LogP contribution in [-0.4, -0.2) is 15.0 Å². The Labute approximate surface area is 854 Å². The van der Waals surface area contributed by atoms with E-state index in [0.29, 0.717) is 28.2 Å². The van der Waals surface area contributed by atoms with Crippen LogP contribution in [0.4, 0.5) is 0 Å². The summed E-state index contributed by atoms with van der Waals surface area (Å²) in [7, 11) is 0. The molecular formula is C140H76N6O3. The molecule has 29 aromatic rings. The summed E-state index contributed by atoms with van der Waals surface area (Å²) in [5.41, 5.74) is 28.6. The van der Waals surface area contributed by atoms with Crippen LogP contribution in [0, 0.1) is 34.0 Å². The van der Waals surface area contributed by atoms with E-state index in [9.17, 15) is 15.8 Å². The summed E-state index contributed by atoms with van der Waals surface area (Å²) in [4.78, 5) is 14.5. The Morgan fingerprint density at radius 3 is 0.779 bits per heavy atom. The van der Waals surface area contributed by atoms with Gasteiger partial charge in [0.25, 0.3) is 0 Å². The minimum Gasteiger partial charge on any atom is -0.456 e. The first-order valence-corrected chi connectivity index (χ1v) is 50.1. The Balaban J connectivity index is 0.000000103. The molecule has 0 fully saturated rings. The van der Waals surface area contributed by atoms with Gasteiger partial charge in [-0.2, -0.15) is 15.8 Å². The van der Waals surface area contributed by atoms with Crippen molar-refractivity contribution in [1.82, 2.24) is 15.0 Å². The van der Waals surface area contributed by atoms with E-state index in [4.69, 9.17) is 24.2 Å². The van der Waals surface area contributed by atoms with Gasteiger partial charge in [-0.1, -0.05) is 328 Å². The van der Waals surface area contributed by atoms with Crippen molar-refractivity contribution in [3.8, 4) is 186 Å². The molecule has 0 atom stereocenters. The number of rotatable bonds is 9. The zero-order chi connectivity index (χ0) is 98.3. The zero-order valence-corrected chi connectivity index (χ0v) is 79.8. The lowest BCUT2D eigenvalue weighted by Gasteiger charge is -2.22. The summed E-state index contributed by atoms with van der Waals surface area (Å²) in [6, 6.07) is 162. The lowest BCUT2D eigenvalue weighted by Crippen LogP contribution is -1.98. The fourth-order valence-electron chi connectivity index (χ4n) is 24.2. The molecule has 32 rings (SSSR count). The molecule has 3 aliphatic heterocycles. The van der Waals surface area contributed by atoms with Crippen molar-refractivity contribution in [2.45, 2.75) is 0 Å². The van der Waals surface area contributed by atoms with Crippen LogP contribution < -0.4 is 14.2 Å². The van der Waals surface area contributed by atoms with Crippen LogP contribution in [0.5, 0.6) is 34.5 Å². The molecule has 26 aromatic carbocycles. The van der Waals surface area contributed by atoms with Gasteiger partial charge in [0.15, 0.2) is 0 Å². The Kier molecular flexibility index (Phi) is 18.8. The number of nitriles is 3. The number of hydrogen-bond acceptors (Lipinski definition) is 9. The third-order valence-corrected chi connectivity index (χ3v) is 31.1. The van der Waals surface area contributed by atoms with Crippen LogP contribution in [-0.2, 0) is 0 Å². The van der Waals surface area contributed by atoms with E-state index in [2.05, 4.69) is 363 Å². The number of nitrogens with zero attached hydrogens (tertiary/aromatic N) is 6. The molecule has 0 bridgehead atoms. The number of aromatic nitrogens is 3. The largest absolute Gasteiger partial charge is 0.456 e. The average Bonchev–Trinajstić information content (AvgIpc) is 0.768. The Hall–Kier alpha value is -20.5. The molecule has 149 heavy (non-hydrogen) atoms. The first-order chi connectivity index (χ1) is 73.7. The van der Waals surface area contributed by atoms with E-state index >= 15 is 0 Å². The molecular weight excluding hydrogens is 1810 g/mol. The van der Waals surface area contributed by atoms with Gasteiger partial charge in [0.1, 0.15) is 34.5 Å². The summed E-state index contributed by atoms with van der Waals surface area (Å²) in [5, 5.41) is 62.5. The molecule has 0 N–H and O–H groups in total. The fraction of sp³-hybridized carbons (Fsp3) is 0. The molecule has 0 amide bonds. The third-order valence-electron chi connectivity index (χ3n) is 31.1. The molecule has 0 aliphatic carbocycles. The van der Waals surface area contributed by atoms with Crippen molar-refractivity contribution >= 4 is 151 Å². The van der Waals surface area contributed by atoms with E-state index < -0.39 is 0 Å². The topological polar surface area (TPSA) is 138 Å². The van der Waals surface area contributed by atoms with Gasteiger partial charge in [-0.05, 0) is 322 Å². The second kappa shape index (κ2) is 33.3. The number of pyridine rings is 3. The van der Waals surface area contributed by atoms with Gasteiger partial charge in [-0.15, -0.1) is 0 Å². The molecule has 0 radical (unpaired) electrons. The summed E-state index contributed by atoms with van der Waals surface area (Å²) in [6.45, 7) is 0. The van der Waals surface area contributed by atoms with Crippen LogP contribution >= 0.6 is 0 Å². The SMILES string of the molecule is N#Cc1ccc2c(c1)Oc1cccc3c(-c4ccc(-c5ccc6ccc7c(-c8ccc9ccccc9c8)ccc8ccc5c6c87)nc4)ccc-2c13.N#Cc1ccc2c(c1)Oc1cccc3c(-c4ccc(-c5ccc6ccc7c(-c8ccccc8)ccc8ccc5c6c87)nc4)ccc-2c13.N#Cc1ccc2c(c1)Oc1cccc3c(-c4ccc5cc(-c6ccc7ccc8c(-c9cccnc9)ccc9ccc6c7c98)ccc5c4)ccc-2c13. The number of fused-ring (bicyclic) bond motifs is 8. The molecule has 3 aromatic heterocycles. The van der Waals surface area contributed by atoms with Crippen molar-refractivity contribution in [3.05, 3.63) is 478 Å². The molecule has 3 aliphatic rings. The summed E-state index contributed by atoms with van der Waals surface area (Å²) >= 11 is 0. The lowest BCUT2D eigenvalue weighted by atomic mass is 9.87. The van der Waals surface area contributed by atoms with Crippen LogP contribution in [0.3, 0.4) is 0 Å². The predicted molar refractivity (Wildman–Crippen MR) is 611 cm³/mol. The second-order valence-electron chi connectivity index (χ2n) is 39.0. The summed E-state index contributed by atoms with van der Waals surface area (Å²) in [6.07, 6.45) is 7.76. The van der Waals surface area contributed by atoms with Crippen molar-refractivity contribution < 1.29 is 14.2 Å². The second-order valence-corrected chi connectivity index (χ2v) is 39.0. The standard InChI is InChI=1S/2C48H26N2O.C44H24N2O/c49-26-28-6-15-39-43-21-20-37(40-4-1-5-44(48(40)43)51-45(39)23-28)34-10-8-31-24-33(9-7-32(31)25-34)36-16-11-29-14-19-42-38(35-3-2-22-50-27-35)17-12-30-13-18-41(36)46(29)47(30)42;49-26-28-8-16-38-42-22-21-36(39-6-3-7-44(48(39)42)51-45(38)24-28)34-15-23-43(50-27-34)37-18-12-31-13-19-40-35(17-11-30-14-20-41(37)47(31)46(30)40)33-10-9-29-4-1-2-5-32(29)25-33;45-24-26-9-15-34-38-21-20-32(35-7-4-8-40(44(35)38)47-41(34)23-26)30-14-22-39(46-25-30)33-17-11-29-12-18-36-31(27-5-2-1-3-6-27)16-10-28-13-19-37(33)43(29)42(28)36/h2*1-25,27H;1-23,25H. The molecule has 9 heteroatoms. The maximum atomic E-state index is 9.43. The molecule has 0 spiro atoms. The fourth-order valence-corrected chi connectivity index (χ4v) is 24.2. The minimum atomic E-state index is 0.586. The van der Waals surface area contributed by atoms with Crippen LogP contribution in [0.25, 0.3) is 285 Å².